The van der Waals surface area contributed by atoms with Crippen LogP contribution in [0.2, 0.25) is 0 Å². The van der Waals surface area contributed by atoms with Gasteiger partial charge < -0.3 is 15.0 Å². The number of aromatic nitrogens is 1. The fourth-order valence-corrected chi connectivity index (χ4v) is 2.61. The van der Waals surface area contributed by atoms with Crippen LogP contribution in [0.3, 0.4) is 0 Å². The predicted octanol–water partition coefficient (Wildman–Crippen LogP) is 1.30. The molecule has 110 valence electrons. The number of likely N-dealkylation sites (N-methyl/N-ethyl adjacent to an activating group) is 1. The van der Waals surface area contributed by atoms with E-state index in [2.05, 4.69) is 10.3 Å². The zero-order valence-corrected chi connectivity index (χ0v) is 12.1. The number of hydrogen-bond acceptors (Lipinski definition) is 4. The standard InChI is InChI=1S/C16H19N3O2/c1-19(11-13-10-17-8-9-21-13)16(20)14-6-2-4-12-5-3-7-18-15(12)14/h2-7,13,17H,8-11H2,1H3. The maximum absolute atomic E-state index is 12.6. The summed E-state index contributed by atoms with van der Waals surface area (Å²) in [5.41, 5.74) is 1.39. The molecule has 5 heteroatoms. The molecule has 1 aliphatic heterocycles. The minimum atomic E-state index is -0.0199. The van der Waals surface area contributed by atoms with Crippen LogP contribution in [0.4, 0.5) is 0 Å². The topological polar surface area (TPSA) is 54.5 Å². The van der Waals surface area contributed by atoms with Gasteiger partial charge in [0.2, 0.25) is 0 Å². The Kier molecular flexibility index (Phi) is 4.13. The van der Waals surface area contributed by atoms with Gasteiger partial charge in [-0.15, -0.1) is 0 Å². The van der Waals surface area contributed by atoms with Crippen LogP contribution >= 0.6 is 0 Å². The number of amides is 1. The molecule has 1 unspecified atom stereocenters. The van der Waals surface area contributed by atoms with E-state index < -0.39 is 0 Å². The van der Waals surface area contributed by atoms with E-state index in [9.17, 15) is 4.79 Å². The third-order valence-electron chi connectivity index (χ3n) is 3.69. The zero-order valence-electron chi connectivity index (χ0n) is 12.1. The lowest BCUT2D eigenvalue weighted by Gasteiger charge is -2.28. The van der Waals surface area contributed by atoms with Gasteiger partial charge in [-0.3, -0.25) is 9.78 Å². The number of nitrogens with zero attached hydrogens (tertiary/aromatic N) is 2. The SMILES string of the molecule is CN(CC1CNCCO1)C(=O)c1cccc2cccnc12. The van der Waals surface area contributed by atoms with E-state index in [1.165, 1.54) is 0 Å². The fraction of sp³-hybridized carbons (Fsp3) is 0.375. The number of hydrogen-bond donors (Lipinski definition) is 1. The number of nitrogens with one attached hydrogen (secondary N) is 1. The van der Waals surface area contributed by atoms with Crippen molar-refractivity contribution in [3.05, 3.63) is 42.1 Å². The molecule has 1 aromatic carbocycles. The molecular formula is C16H19N3O2. The first kappa shape index (κ1) is 14.0. The number of carbonyl (C=O) groups excluding carboxylic acids is 1. The summed E-state index contributed by atoms with van der Waals surface area (Å²) in [6.45, 7) is 2.93. The summed E-state index contributed by atoms with van der Waals surface area (Å²) in [6, 6.07) is 9.53. The molecule has 1 atom stereocenters. The van der Waals surface area contributed by atoms with Crippen LogP contribution < -0.4 is 5.32 Å². The summed E-state index contributed by atoms with van der Waals surface area (Å²) in [7, 11) is 1.81. The predicted molar refractivity (Wildman–Crippen MR) is 81.3 cm³/mol. The third-order valence-corrected chi connectivity index (χ3v) is 3.69. The van der Waals surface area contributed by atoms with E-state index in [0.717, 1.165) is 24.0 Å². The number of fused-ring (bicyclic) bond motifs is 1. The van der Waals surface area contributed by atoms with Crippen molar-refractivity contribution >= 4 is 16.8 Å². The summed E-state index contributed by atoms with van der Waals surface area (Å²) in [5.74, 6) is -0.0199. The Morgan fingerprint density at radius 1 is 1.43 bits per heavy atom. The minimum Gasteiger partial charge on any atom is -0.374 e. The Morgan fingerprint density at radius 3 is 3.10 bits per heavy atom. The van der Waals surface area contributed by atoms with E-state index >= 15 is 0 Å². The molecule has 1 fully saturated rings. The summed E-state index contributed by atoms with van der Waals surface area (Å²) >= 11 is 0. The van der Waals surface area contributed by atoms with Crippen molar-refractivity contribution in [3.63, 3.8) is 0 Å². The molecule has 1 aromatic heterocycles. The van der Waals surface area contributed by atoms with Gasteiger partial charge in [0.05, 0.1) is 23.8 Å². The second-order valence-corrected chi connectivity index (χ2v) is 5.26. The Morgan fingerprint density at radius 2 is 2.29 bits per heavy atom. The van der Waals surface area contributed by atoms with Crippen LogP contribution in [0.25, 0.3) is 10.9 Å². The van der Waals surface area contributed by atoms with E-state index in [1.54, 1.807) is 11.1 Å². The van der Waals surface area contributed by atoms with Gasteiger partial charge >= 0.3 is 0 Å². The van der Waals surface area contributed by atoms with Crippen LogP contribution in [0.15, 0.2) is 36.5 Å². The number of pyridine rings is 1. The highest BCUT2D eigenvalue weighted by Crippen LogP contribution is 2.17. The average Bonchev–Trinajstić information content (AvgIpc) is 2.54. The molecule has 3 rings (SSSR count). The first-order valence-electron chi connectivity index (χ1n) is 7.17. The van der Waals surface area contributed by atoms with Crippen molar-refractivity contribution in [2.75, 3.05) is 33.3 Å². The summed E-state index contributed by atoms with van der Waals surface area (Å²) in [6.07, 6.45) is 1.77. The molecule has 5 nitrogen and oxygen atoms in total. The molecular weight excluding hydrogens is 266 g/mol. The maximum atomic E-state index is 12.6. The van der Waals surface area contributed by atoms with Crippen LogP contribution in [-0.4, -0.2) is 55.2 Å². The van der Waals surface area contributed by atoms with Crippen molar-refractivity contribution < 1.29 is 9.53 Å². The maximum Gasteiger partial charge on any atom is 0.255 e. The fourth-order valence-electron chi connectivity index (χ4n) is 2.61. The average molecular weight is 285 g/mol. The van der Waals surface area contributed by atoms with Gasteiger partial charge in [-0.1, -0.05) is 18.2 Å². The number of morpholine rings is 1. The summed E-state index contributed by atoms with van der Waals surface area (Å²) in [5, 5.41) is 4.25. The molecule has 1 saturated heterocycles. The molecule has 0 aliphatic carbocycles. The molecule has 21 heavy (non-hydrogen) atoms. The number of carbonyl (C=O) groups is 1. The largest absolute Gasteiger partial charge is 0.374 e. The molecule has 0 bridgehead atoms. The molecule has 2 heterocycles. The van der Waals surface area contributed by atoms with E-state index in [1.807, 2.05) is 37.4 Å². The second-order valence-electron chi connectivity index (χ2n) is 5.26. The van der Waals surface area contributed by atoms with Gasteiger partial charge in [-0.2, -0.15) is 0 Å². The van der Waals surface area contributed by atoms with Gasteiger partial charge in [0.25, 0.3) is 5.91 Å². The van der Waals surface area contributed by atoms with Gasteiger partial charge in [-0.05, 0) is 12.1 Å². The van der Waals surface area contributed by atoms with Crippen molar-refractivity contribution in [2.45, 2.75) is 6.10 Å². The number of benzene rings is 1. The van der Waals surface area contributed by atoms with Crippen molar-refractivity contribution in [1.29, 1.82) is 0 Å². The molecule has 2 aromatic rings. The van der Waals surface area contributed by atoms with Crippen molar-refractivity contribution in [2.24, 2.45) is 0 Å². The molecule has 1 amide bonds. The molecule has 1 aliphatic rings. The Hall–Kier alpha value is -1.98. The lowest BCUT2D eigenvalue weighted by Crippen LogP contribution is -2.45. The molecule has 0 saturated carbocycles. The van der Waals surface area contributed by atoms with Gasteiger partial charge in [0.1, 0.15) is 0 Å². The highest BCUT2D eigenvalue weighted by Gasteiger charge is 2.21. The van der Waals surface area contributed by atoms with Crippen molar-refractivity contribution in [1.82, 2.24) is 15.2 Å². The highest BCUT2D eigenvalue weighted by molar-refractivity contribution is 6.05. The van der Waals surface area contributed by atoms with Crippen molar-refractivity contribution in [3.8, 4) is 0 Å². The molecule has 1 N–H and O–H groups in total. The highest BCUT2D eigenvalue weighted by atomic mass is 16.5. The summed E-state index contributed by atoms with van der Waals surface area (Å²) < 4.78 is 5.65. The zero-order chi connectivity index (χ0) is 14.7. The van der Waals surface area contributed by atoms with Gasteiger partial charge in [-0.25, -0.2) is 0 Å². The monoisotopic (exact) mass is 285 g/mol. The quantitative estimate of drug-likeness (QED) is 0.923. The number of rotatable bonds is 3. The second kappa shape index (κ2) is 6.20. The van der Waals surface area contributed by atoms with E-state index in [-0.39, 0.29) is 12.0 Å². The molecule has 0 radical (unpaired) electrons. The van der Waals surface area contributed by atoms with Crippen LogP contribution in [0.1, 0.15) is 10.4 Å². The first-order chi connectivity index (χ1) is 10.3. The third kappa shape index (κ3) is 3.04. The van der Waals surface area contributed by atoms with E-state index in [0.29, 0.717) is 18.7 Å². The Bertz CT molecular complexity index is 633. The molecule has 0 spiro atoms. The smallest absolute Gasteiger partial charge is 0.255 e. The first-order valence-corrected chi connectivity index (χ1v) is 7.17. The van der Waals surface area contributed by atoms with E-state index in [4.69, 9.17) is 4.74 Å². The number of ether oxygens (including phenoxy) is 1. The van der Waals surface area contributed by atoms with Crippen LogP contribution in [0.5, 0.6) is 0 Å². The van der Waals surface area contributed by atoms with Crippen LogP contribution in [0, 0.1) is 0 Å². The van der Waals surface area contributed by atoms with Gasteiger partial charge in [0.15, 0.2) is 0 Å². The minimum absolute atomic E-state index is 0.0199. The van der Waals surface area contributed by atoms with Gasteiger partial charge in [0, 0.05) is 38.3 Å². The lowest BCUT2D eigenvalue weighted by atomic mass is 10.1. The summed E-state index contributed by atoms with van der Waals surface area (Å²) in [4.78, 5) is 18.7. The Balaban J connectivity index is 1.79. The normalized spacial score (nSPS) is 18.6. The number of para-hydroxylation sites is 1. The lowest BCUT2D eigenvalue weighted by molar-refractivity contribution is 0.0104. The van der Waals surface area contributed by atoms with Crippen LogP contribution in [-0.2, 0) is 4.74 Å². The Labute approximate surface area is 123 Å².